The minimum absolute atomic E-state index is 0.0119. The highest BCUT2D eigenvalue weighted by Crippen LogP contribution is 2.37. The molecule has 0 spiro atoms. The van der Waals surface area contributed by atoms with Crippen LogP contribution >= 0.6 is 23.2 Å². The van der Waals surface area contributed by atoms with Gasteiger partial charge in [0.25, 0.3) is 0 Å². The van der Waals surface area contributed by atoms with Crippen LogP contribution in [0.3, 0.4) is 0 Å². The lowest BCUT2D eigenvalue weighted by Gasteiger charge is -2.25. The summed E-state index contributed by atoms with van der Waals surface area (Å²) in [6.07, 6.45) is -3.77. The molecule has 0 bridgehead atoms. The molecule has 0 fully saturated rings. The van der Waals surface area contributed by atoms with E-state index in [0.717, 1.165) is 0 Å². The average molecular weight is 494 g/mol. The van der Waals surface area contributed by atoms with Crippen LogP contribution in [0.1, 0.15) is 5.56 Å². The number of hydrogen-bond acceptors (Lipinski definition) is 5. The van der Waals surface area contributed by atoms with Crippen LogP contribution in [-0.2, 0) is 4.79 Å². The molecule has 2 aromatic carbocycles. The SMILES string of the molecule is N#Cc1ccc(NCCN(C(=O)C(F)(F)F)c2ccc(N)c(-c3ccc(Cl)cc3Cl)c2)nc1. The first-order valence-electron chi connectivity index (χ1n) is 9.44. The molecule has 3 rings (SSSR count). The van der Waals surface area contributed by atoms with Gasteiger partial charge in [0.15, 0.2) is 0 Å². The van der Waals surface area contributed by atoms with Crippen LogP contribution in [0.4, 0.5) is 30.4 Å². The number of nitrogen functional groups attached to an aromatic ring is 1. The Morgan fingerprint density at radius 3 is 2.48 bits per heavy atom. The maximum absolute atomic E-state index is 13.3. The van der Waals surface area contributed by atoms with Gasteiger partial charge in [0.05, 0.1) is 5.56 Å². The summed E-state index contributed by atoms with van der Waals surface area (Å²) >= 11 is 12.2. The van der Waals surface area contributed by atoms with E-state index >= 15 is 0 Å². The minimum Gasteiger partial charge on any atom is -0.398 e. The Bertz CT molecular complexity index is 1210. The number of hydrogen-bond donors (Lipinski definition) is 2. The Morgan fingerprint density at radius 1 is 1.12 bits per heavy atom. The number of rotatable bonds is 6. The molecule has 1 aromatic heterocycles. The van der Waals surface area contributed by atoms with Crippen molar-refractivity contribution in [2.75, 3.05) is 29.0 Å². The molecule has 3 aromatic rings. The fraction of sp³-hybridized carbons (Fsp3) is 0.136. The van der Waals surface area contributed by atoms with E-state index in [4.69, 9.17) is 34.2 Å². The van der Waals surface area contributed by atoms with Crippen molar-refractivity contribution in [2.45, 2.75) is 6.18 Å². The van der Waals surface area contributed by atoms with Crippen molar-refractivity contribution in [1.29, 1.82) is 5.26 Å². The molecule has 3 N–H and O–H groups in total. The summed E-state index contributed by atoms with van der Waals surface area (Å²) in [7, 11) is 0. The van der Waals surface area contributed by atoms with E-state index in [1.54, 1.807) is 12.1 Å². The maximum atomic E-state index is 13.3. The molecule has 0 radical (unpaired) electrons. The molecule has 170 valence electrons. The van der Waals surface area contributed by atoms with Gasteiger partial charge < -0.3 is 16.0 Å². The fourth-order valence-corrected chi connectivity index (χ4v) is 3.52. The summed E-state index contributed by atoms with van der Waals surface area (Å²) in [4.78, 5) is 16.8. The number of anilines is 3. The van der Waals surface area contributed by atoms with Gasteiger partial charge in [-0.2, -0.15) is 18.4 Å². The van der Waals surface area contributed by atoms with Crippen molar-refractivity contribution in [1.82, 2.24) is 4.98 Å². The summed E-state index contributed by atoms with van der Waals surface area (Å²) < 4.78 is 39.9. The molecule has 0 saturated heterocycles. The normalized spacial score (nSPS) is 11.0. The Labute approximate surface area is 197 Å². The zero-order valence-corrected chi connectivity index (χ0v) is 18.3. The number of alkyl halides is 3. The molecule has 1 amide bonds. The molecule has 0 aliphatic heterocycles. The molecule has 1 heterocycles. The number of aromatic nitrogens is 1. The maximum Gasteiger partial charge on any atom is 0.471 e. The summed E-state index contributed by atoms with van der Waals surface area (Å²) in [6.45, 7) is -0.361. The number of carbonyl (C=O) groups excluding carboxylic acids is 1. The number of pyridine rings is 1. The topological polar surface area (TPSA) is 95.0 Å². The Balaban J connectivity index is 1.90. The van der Waals surface area contributed by atoms with Gasteiger partial charge in [-0.05, 0) is 42.5 Å². The van der Waals surface area contributed by atoms with E-state index in [0.29, 0.717) is 32.4 Å². The van der Waals surface area contributed by atoms with Crippen molar-refractivity contribution in [2.24, 2.45) is 0 Å². The van der Waals surface area contributed by atoms with Gasteiger partial charge in [0.2, 0.25) is 0 Å². The first-order valence-corrected chi connectivity index (χ1v) is 10.2. The van der Waals surface area contributed by atoms with Gasteiger partial charge in [-0.25, -0.2) is 4.98 Å². The highest BCUT2D eigenvalue weighted by atomic mass is 35.5. The molecular formula is C22H16Cl2F3N5O. The van der Waals surface area contributed by atoms with E-state index < -0.39 is 12.1 Å². The van der Waals surface area contributed by atoms with Crippen LogP contribution in [0, 0.1) is 11.3 Å². The second-order valence-corrected chi connectivity index (χ2v) is 7.66. The monoisotopic (exact) mass is 493 g/mol. The number of nitriles is 1. The highest BCUT2D eigenvalue weighted by Gasteiger charge is 2.43. The summed E-state index contributed by atoms with van der Waals surface area (Å²) in [6, 6.07) is 13.7. The zero-order valence-electron chi connectivity index (χ0n) is 16.8. The van der Waals surface area contributed by atoms with Crippen molar-refractivity contribution < 1.29 is 18.0 Å². The van der Waals surface area contributed by atoms with E-state index in [-0.39, 0.29) is 29.5 Å². The predicted molar refractivity (Wildman–Crippen MR) is 122 cm³/mol. The van der Waals surface area contributed by atoms with Crippen LogP contribution in [0.5, 0.6) is 0 Å². The second-order valence-electron chi connectivity index (χ2n) is 6.82. The van der Waals surface area contributed by atoms with Crippen LogP contribution in [0.25, 0.3) is 11.1 Å². The highest BCUT2D eigenvalue weighted by molar-refractivity contribution is 6.36. The number of nitrogens with zero attached hydrogens (tertiary/aromatic N) is 3. The molecule has 11 heteroatoms. The largest absolute Gasteiger partial charge is 0.471 e. The molecule has 0 atom stereocenters. The minimum atomic E-state index is -5.09. The molecule has 33 heavy (non-hydrogen) atoms. The van der Waals surface area contributed by atoms with E-state index in [1.807, 2.05) is 6.07 Å². The van der Waals surface area contributed by atoms with Crippen LogP contribution in [-0.4, -0.2) is 30.2 Å². The predicted octanol–water partition coefficient (Wildman–Crippen LogP) is 5.52. The number of amides is 1. The number of carbonyl (C=O) groups is 1. The molecule has 6 nitrogen and oxygen atoms in total. The Hall–Kier alpha value is -3.48. The molecule has 0 unspecified atom stereocenters. The lowest BCUT2D eigenvalue weighted by molar-refractivity contribution is -0.170. The zero-order chi connectivity index (χ0) is 24.2. The quantitative estimate of drug-likeness (QED) is 0.441. The Kier molecular flexibility index (Phi) is 7.31. The number of nitrogens with one attached hydrogen (secondary N) is 1. The number of nitrogens with two attached hydrogens (primary N) is 1. The van der Waals surface area contributed by atoms with Gasteiger partial charge in [-0.1, -0.05) is 29.3 Å². The van der Waals surface area contributed by atoms with Crippen molar-refractivity contribution in [3.8, 4) is 17.2 Å². The smallest absolute Gasteiger partial charge is 0.398 e. The number of halogens is 5. The first-order chi connectivity index (χ1) is 15.6. The van der Waals surface area contributed by atoms with Crippen LogP contribution in [0.15, 0.2) is 54.7 Å². The molecule has 0 aliphatic carbocycles. The van der Waals surface area contributed by atoms with E-state index in [9.17, 15) is 18.0 Å². The molecular weight excluding hydrogens is 478 g/mol. The first kappa shape index (κ1) is 24.2. The standard InChI is InChI=1S/C22H16Cl2F3N5O/c23-14-2-4-16(18(24)9-14)17-10-15(3-5-19(17)29)32(21(33)22(25,26)27)8-7-30-20-6-1-13(11-28)12-31-20/h1-6,9-10,12H,7-8,29H2,(H,30,31). The van der Waals surface area contributed by atoms with Crippen LogP contribution in [0.2, 0.25) is 10.0 Å². The number of benzene rings is 2. The van der Waals surface area contributed by atoms with Crippen molar-refractivity contribution >= 4 is 46.3 Å². The van der Waals surface area contributed by atoms with Gasteiger partial charge in [0, 0.05) is 51.8 Å². The Morgan fingerprint density at radius 2 is 1.88 bits per heavy atom. The lowest BCUT2D eigenvalue weighted by Crippen LogP contribution is -2.43. The average Bonchev–Trinajstić information content (AvgIpc) is 2.77. The fourth-order valence-electron chi connectivity index (χ4n) is 3.01. The summed E-state index contributed by atoms with van der Waals surface area (Å²) in [5.74, 6) is -1.69. The van der Waals surface area contributed by atoms with E-state index in [2.05, 4.69) is 10.3 Å². The van der Waals surface area contributed by atoms with E-state index in [1.165, 1.54) is 42.6 Å². The third-order valence-electron chi connectivity index (χ3n) is 4.59. The summed E-state index contributed by atoms with van der Waals surface area (Å²) in [5, 5.41) is 12.3. The van der Waals surface area contributed by atoms with Gasteiger partial charge in [-0.15, -0.1) is 0 Å². The lowest BCUT2D eigenvalue weighted by atomic mass is 10.0. The summed E-state index contributed by atoms with van der Waals surface area (Å²) in [5.41, 5.74) is 7.44. The van der Waals surface area contributed by atoms with Gasteiger partial charge >= 0.3 is 12.1 Å². The van der Waals surface area contributed by atoms with Crippen molar-refractivity contribution in [3.05, 3.63) is 70.3 Å². The van der Waals surface area contributed by atoms with Crippen LogP contribution < -0.4 is 16.0 Å². The third-order valence-corrected chi connectivity index (χ3v) is 5.14. The second kappa shape index (κ2) is 9.98. The van der Waals surface area contributed by atoms with Gasteiger partial charge in [-0.3, -0.25) is 4.79 Å². The van der Waals surface area contributed by atoms with Crippen molar-refractivity contribution in [3.63, 3.8) is 0 Å². The molecule has 0 aliphatic rings. The third kappa shape index (κ3) is 5.86. The molecule has 0 saturated carbocycles. The van der Waals surface area contributed by atoms with Gasteiger partial charge in [0.1, 0.15) is 11.9 Å².